The number of nitrogens with two attached hydrogens (primary N) is 1. The lowest BCUT2D eigenvalue weighted by Gasteiger charge is -2.30. The predicted octanol–water partition coefficient (Wildman–Crippen LogP) is 0.138. The molecule has 0 aromatic carbocycles. The Bertz CT molecular complexity index is 478. The molecule has 0 bridgehead atoms. The Labute approximate surface area is 112 Å². The van der Waals surface area contributed by atoms with Gasteiger partial charge in [0.05, 0.1) is 5.75 Å². The summed E-state index contributed by atoms with van der Waals surface area (Å²) in [5.41, 5.74) is 5.11. The maximum Gasteiger partial charge on any atom is 0.265 e. The fourth-order valence-electron chi connectivity index (χ4n) is 2.39. The van der Waals surface area contributed by atoms with Gasteiger partial charge in [0.1, 0.15) is 0 Å². The molecule has 0 aromatic rings. The van der Waals surface area contributed by atoms with E-state index >= 15 is 0 Å². The van der Waals surface area contributed by atoms with E-state index in [2.05, 4.69) is 0 Å². The van der Waals surface area contributed by atoms with Crippen LogP contribution in [-0.2, 0) is 24.2 Å². The van der Waals surface area contributed by atoms with E-state index in [1.54, 1.807) is 0 Å². The smallest absolute Gasteiger partial charge is 0.265 e. The van der Waals surface area contributed by atoms with Crippen molar-refractivity contribution in [2.75, 3.05) is 5.75 Å². The molecule has 0 radical (unpaired) electrons. The van der Waals surface area contributed by atoms with E-state index in [0.717, 1.165) is 6.42 Å². The second-order valence-electron chi connectivity index (χ2n) is 4.77. The van der Waals surface area contributed by atoms with Crippen molar-refractivity contribution in [2.24, 2.45) is 5.73 Å². The van der Waals surface area contributed by atoms with Gasteiger partial charge >= 0.3 is 0 Å². The molecule has 19 heavy (non-hydrogen) atoms. The molecular formula is C12H19NO5S. The number of hydrogen-bond acceptors (Lipinski definition) is 5. The highest BCUT2D eigenvalue weighted by molar-refractivity contribution is 7.95. The first-order chi connectivity index (χ1) is 8.80. The molecule has 0 aliphatic heterocycles. The first-order valence-electron chi connectivity index (χ1n) is 6.39. The van der Waals surface area contributed by atoms with Gasteiger partial charge in [-0.3, -0.25) is 14.4 Å². The number of sulfone groups is 1. The Morgan fingerprint density at radius 2 is 1.74 bits per heavy atom. The maximum atomic E-state index is 12.3. The molecular weight excluding hydrogens is 270 g/mol. The highest BCUT2D eigenvalue weighted by Crippen LogP contribution is 2.31. The second kappa shape index (κ2) is 5.81. The molecule has 0 heterocycles. The number of Topliss-reactive ketones (excluding diaryl/α,β-unsaturated/α-hetero) is 2. The van der Waals surface area contributed by atoms with Crippen molar-refractivity contribution in [3.63, 3.8) is 0 Å². The Hall–Kier alpha value is -1.24. The van der Waals surface area contributed by atoms with Crippen LogP contribution in [0.3, 0.4) is 0 Å². The predicted molar refractivity (Wildman–Crippen MR) is 69.1 cm³/mol. The van der Waals surface area contributed by atoms with Crippen LogP contribution in [0.15, 0.2) is 0 Å². The summed E-state index contributed by atoms with van der Waals surface area (Å²) in [4.78, 5) is 35.5. The molecule has 108 valence electrons. The fourth-order valence-corrected chi connectivity index (χ4v) is 4.48. The first kappa shape index (κ1) is 15.8. The summed E-state index contributed by atoms with van der Waals surface area (Å²) in [7, 11) is -4.19. The first-order valence-corrected chi connectivity index (χ1v) is 8.04. The molecule has 1 fully saturated rings. The van der Waals surface area contributed by atoms with Crippen molar-refractivity contribution < 1.29 is 22.8 Å². The van der Waals surface area contributed by atoms with Gasteiger partial charge in [-0.05, 0) is 12.8 Å². The lowest BCUT2D eigenvalue weighted by atomic mass is 9.85. The summed E-state index contributed by atoms with van der Waals surface area (Å²) in [6, 6.07) is 0. The van der Waals surface area contributed by atoms with Crippen LogP contribution in [0.1, 0.15) is 45.4 Å². The zero-order valence-electron chi connectivity index (χ0n) is 11.0. The summed E-state index contributed by atoms with van der Waals surface area (Å²) in [5.74, 6) is -3.44. The van der Waals surface area contributed by atoms with Gasteiger partial charge in [-0.15, -0.1) is 0 Å². The zero-order chi connectivity index (χ0) is 14.7. The third-order valence-corrected chi connectivity index (χ3v) is 5.84. The van der Waals surface area contributed by atoms with Gasteiger partial charge in [0.2, 0.25) is 0 Å². The third-order valence-electron chi connectivity index (χ3n) is 3.42. The van der Waals surface area contributed by atoms with Crippen molar-refractivity contribution in [1.29, 1.82) is 0 Å². The highest BCUT2D eigenvalue weighted by Gasteiger charge is 2.61. The summed E-state index contributed by atoms with van der Waals surface area (Å²) < 4.78 is 22.0. The van der Waals surface area contributed by atoms with E-state index in [1.165, 1.54) is 0 Å². The Kier molecular flexibility index (Phi) is 4.84. The van der Waals surface area contributed by atoms with Gasteiger partial charge in [0, 0.05) is 12.8 Å². The minimum atomic E-state index is -4.19. The Morgan fingerprint density at radius 1 is 1.21 bits per heavy atom. The van der Waals surface area contributed by atoms with Crippen LogP contribution in [0, 0.1) is 0 Å². The molecule has 6 nitrogen and oxygen atoms in total. The number of rotatable bonds is 6. The van der Waals surface area contributed by atoms with Crippen LogP contribution < -0.4 is 5.73 Å². The van der Waals surface area contributed by atoms with Crippen LogP contribution >= 0.6 is 0 Å². The molecule has 0 spiro atoms. The Morgan fingerprint density at radius 3 is 2.16 bits per heavy atom. The average molecular weight is 289 g/mol. The van der Waals surface area contributed by atoms with Crippen molar-refractivity contribution >= 4 is 27.3 Å². The third kappa shape index (κ3) is 2.56. The molecule has 0 atom stereocenters. The molecule has 2 N–H and O–H groups in total. The van der Waals surface area contributed by atoms with E-state index in [0.29, 0.717) is 12.8 Å². The maximum absolute atomic E-state index is 12.3. The number of amides is 1. The van der Waals surface area contributed by atoms with Gasteiger partial charge in [0.15, 0.2) is 21.4 Å². The molecule has 7 heteroatoms. The SMILES string of the molecule is CCCCCS(=O)(=O)C1(C(N)=O)C(=O)CCCC1=O. The van der Waals surface area contributed by atoms with Gasteiger partial charge in [-0.25, -0.2) is 8.42 Å². The number of ketones is 2. The number of hydrogen-bond donors (Lipinski definition) is 1. The molecule has 1 rings (SSSR count). The van der Waals surface area contributed by atoms with Crippen LogP contribution in [-0.4, -0.2) is 36.4 Å². The topological polar surface area (TPSA) is 111 Å². The molecule has 1 aliphatic carbocycles. The van der Waals surface area contributed by atoms with E-state index in [9.17, 15) is 22.8 Å². The van der Waals surface area contributed by atoms with Gasteiger partial charge in [-0.1, -0.05) is 19.8 Å². The number of primary amides is 1. The van der Waals surface area contributed by atoms with Crippen LogP contribution in [0.25, 0.3) is 0 Å². The van der Waals surface area contributed by atoms with Crippen molar-refractivity contribution in [3.05, 3.63) is 0 Å². The summed E-state index contributed by atoms with van der Waals surface area (Å²) in [6.07, 6.45) is 1.84. The summed E-state index contributed by atoms with van der Waals surface area (Å²) >= 11 is 0. The largest absolute Gasteiger partial charge is 0.367 e. The lowest BCUT2D eigenvalue weighted by molar-refractivity contribution is -0.139. The highest BCUT2D eigenvalue weighted by atomic mass is 32.2. The van der Waals surface area contributed by atoms with Gasteiger partial charge < -0.3 is 5.73 Å². The number of unbranched alkanes of at least 4 members (excludes halogenated alkanes) is 2. The molecule has 1 saturated carbocycles. The van der Waals surface area contributed by atoms with Crippen molar-refractivity contribution in [1.82, 2.24) is 0 Å². The molecule has 1 amide bonds. The van der Waals surface area contributed by atoms with Crippen molar-refractivity contribution in [2.45, 2.75) is 50.2 Å². The summed E-state index contributed by atoms with van der Waals surface area (Å²) in [6.45, 7) is 1.90. The monoisotopic (exact) mass is 289 g/mol. The number of carbonyl (C=O) groups is 3. The molecule has 0 saturated heterocycles. The molecule has 0 unspecified atom stereocenters. The summed E-state index contributed by atoms with van der Waals surface area (Å²) in [5, 5.41) is 0. The van der Waals surface area contributed by atoms with E-state index in [4.69, 9.17) is 5.73 Å². The minimum absolute atomic E-state index is 0.0955. The van der Waals surface area contributed by atoms with Crippen LogP contribution in [0.5, 0.6) is 0 Å². The molecule has 1 aliphatic rings. The normalized spacial score (nSPS) is 19.4. The standard InChI is InChI=1S/C12H19NO5S/c1-2-3-4-8-19(17,18)12(11(13)16)9(14)6-5-7-10(12)15/h2-8H2,1H3,(H2,13,16). The van der Waals surface area contributed by atoms with Crippen LogP contribution in [0.4, 0.5) is 0 Å². The van der Waals surface area contributed by atoms with Crippen molar-refractivity contribution in [3.8, 4) is 0 Å². The average Bonchev–Trinajstić information content (AvgIpc) is 2.28. The second-order valence-corrected chi connectivity index (χ2v) is 7.02. The molecule has 0 aromatic heterocycles. The lowest BCUT2D eigenvalue weighted by Crippen LogP contribution is -2.64. The fraction of sp³-hybridized carbons (Fsp3) is 0.750. The quantitative estimate of drug-likeness (QED) is 0.552. The Balaban J connectivity index is 3.22. The van der Waals surface area contributed by atoms with E-state index < -0.39 is 32.1 Å². The van der Waals surface area contributed by atoms with E-state index in [1.807, 2.05) is 6.92 Å². The van der Waals surface area contributed by atoms with E-state index in [-0.39, 0.29) is 25.0 Å². The van der Waals surface area contributed by atoms with Gasteiger partial charge in [0.25, 0.3) is 10.7 Å². The number of carbonyl (C=O) groups excluding carboxylic acids is 3. The minimum Gasteiger partial charge on any atom is -0.367 e. The van der Waals surface area contributed by atoms with Gasteiger partial charge in [-0.2, -0.15) is 0 Å². The zero-order valence-corrected chi connectivity index (χ0v) is 11.8. The van der Waals surface area contributed by atoms with Crippen LogP contribution in [0.2, 0.25) is 0 Å².